The van der Waals surface area contributed by atoms with Gasteiger partial charge in [0.05, 0.1) is 12.5 Å². The van der Waals surface area contributed by atoms with E-state index in [1.165, 1.54) is 24.6 Å². The molecule has 0 unspecified atom stereocenters. The van der Waals surface area contributed by atoms with Crippen molar-refractivity contribution in [3.8, 4) is 5.75 Å². The van der Waals surface area contributed by atoms with E-state index in [2.05, 4.69) is 10.5 Å². The maximum absolute atomic E-state index is 11.8. The number of furan rings is 1. The summed E-state index contributed by atoms with van der Waals surface area (Å²) in [6.45, 7) is 5.28. The highest BCUT2D eigenvalue weighted by molar-refractivity contribution is 5.88. The zero-order chi connectivity index (χ0) is 19.0. The Morgan fingerprint density at radius 3 is 2.69 bits per heavy atom. The molecule has 0 atom stereocenters. The fourth-order valence-electron chi connectivity index (χ4n) is 1.81. The topological polar surface area (TPSA) is 90.1 Å². The second kappa shape index (κ2) is 8.66. The van der Waals surface area contributed by atoms with Crippen molar-refractivity contribution in [2.45, 2.75) is 26.4 Å². The molecule has 1 aromatic carbocycles. The summed E-state index contributed by atoms with van der Waals surface area (Å²) in [5.41, 5.74) is 2.30. The highest BCUT2D eigenvalue weighted by Gasteiger charge is 2.15. The largest absolute Gasteiger partial charge is 0.465 e. The molecule has 1 heterocycles. The molecule has 136 valence electrons. The predicted molar refractivity (Wildman–Crippen MR) is 96.8 cm³/mol. The fraction of sp³-hybridized carbons (Fsp3) is 0.211. The normalized spacial score (nSPS) is 11.7. The van der Waals surface area contributed by atoms with E-state index in [4.69, 9.17) is 13.9 Å². The Morgan fingerprint density at radius 1 is 1.19 bits per heavy atom. The molecule has 1 amide bonds. The third kappa shape index (κ3) is 7.04. The van der Waals surface area contributed by atoms with E-state index in [1.807, 2.05) is 0 Å². The summed E-state index contributed by atoms with van der Waals surface area (Å²) >= 11 is 0. The average Bonchev–Trinajstić information content (AvgIpc) is 3.05. The first kappa shape index (κ1) is 19.0. The predicted octanol–water partition coefficient (Wildman–Crippen LogP) is 3.76. The van der Waals surface area contributed by atoms with Crippen molar-refractivity contribution in [2.75, 3.05) is 0 Å². The monoisotopic (exact) mass is 356 g/mol. The SMILES string of the molecule is CC(C)(C)OC(=O)N/N=C/c1cccc(OC(=O)/C=C/c2ccco2)c1. The van der Waals surface area contributed by atoms with Gasteiger partial charge >= 0.3 is 12.1 Å². The van der Waals surface area contributed by atoms with E-state index in [-0.39, 0.29) is 0 Å². The highest BCUT2D eigenvalue weighted by atomic mass is 16.6. The lowest BCUT2D eigenvalue weighted by Crippen LogP contribution is -2.29. The molecule has 7 heteroatoms. The van der Waals surface area contributed by atoms with Crippen molar-refractivity contribution in [1.29, 1.82) is 0 Å². The van der Waals surface area contributed by atoms with Crippen molar-refractivity contribution in [2.24, 2.45) is 5.10 Å². The van der Waals surface area contributed by atoms with Gasteiger partial charge in [0.1, 0.15) is 17.1 Å². The minimum absolute atomic E-state index is 0.348. The van der Waals surface area contributed by atoms with Crippen LogP contribution in [0.5, 0.6) is 5.75 Å². The number of carbonyl (C=O) groups is 2. The standard InChI is InChI=1S/C19H20N2O5/c1-19(2,3)26-18(23)21-20-13-14-6-4-7-16(12-14)25-17(22)10-9-15-8-5-11-24-15/h4-13H,1-3H3,(H,21,23)/b10-9+,20-13+. The van der Waals surface area contributed by atoms with Crippen LogP contribution in [-0.4, -0.2) is 23.9 Å². The second-order valence-electron chi connectivity index (χ2n) is 6.21. The van der Waals surface area contributed by atoms with Crippen LogP contribution in [-0.2, 0) is 9.53 Å². The van der Waals surface area contributed by atoms with Gasteiger partial charge in [0.25, 0.3) is 0 Å². The Kier molecular flexibility index (Phi) is 6.32. The van der Waals surface area contributed by atoms with E-state index < -0.39 is 17.7 Å². The van der Waals surface area contributed by atoms with Gasteiger partial charge in [0.15, 0.2) is 0 Å². The van der Waals surface area contributed by atoms with Gasteiger partial charge in [-0.3, -0.25) is 0 Å². The van der Waals surface area contributed by atoms with E-state index in [9.17, 15) is 9.59 Å². The summed E-state index contributed by atoms with van der Waals surface area (Å²) in [6, 6.07) is 10.1. The zero-order valence-electron chi connectivity index (χ0n) is 14.8. The van der Waals surface area contributed by atoms with Crippen LogP contribution in [0.4, 0.5) is 4.79 Å². The minimum atomic E-state index is -0.653. The molecule has 0 aliphatic carbocycles. The van der Waals surface area contributed by atoms with Crippen LogP contribution in [0.3, 0.4) is 0 Å². The number of hydrogen-bond donors (Lipinski definition) is 1. The van der Waals surface area contributed by atoms with Crippen LogP contribution in [0.2, 0.25) is 0 Å². The number of rotatable bonds is 5. The number of hydrogen-bond acceptors (Lipinski definition) is 6. The van der Waals surface area contributed by atoms with Crippen molar-refractivity contribution in [3.63, 3.8) is 0 Å². The quantitative estimate of drug-likeness (QED) is 0.290. The zero-order valence-corrected chi connectivity index (χ0v) is 14.8. The minimum Gasteiger partial charge on any atom is -0.465 e. The molecule has 0 saturated heterocycles. The van der Waals surface area contributed by atoms with Crippen molar-refractivity contribution in [1.82, 2.24) is 5.43 Å². The number of nitrogens with zero attached hydrogens (tertiary/aromatic N) is 1. The highest BCUT2D eigenvalue weighted by Crippen LogP contribution is 2.13. The summed E-state index contributed by atoms with van der Waals surface area (Å²) in [4.78, 5) is 23.3. The Hall–Kier alpha value is -3.35. The summed E-state index contributed by atoms with van der Waals surface area (Å²) < 4.78 is 15.4. The summed E-state index contributed by atoms with van der Waals surface area (Å²) in [5.74, 6) is 0.360. The fourth-order valence-corrected chi connectivity index (χ4v) is 1.81. The molecular formula is C19H20N2O5. The molecule has 0 radical (unpaired) electrons. The number of nitrogens with one attached hydrogen (secondary N) is 1. The van der Waals surface area contributed by atoms with Gasteiger partial charge in [-0.05, 0) is 56.7 Å². The van der Waals surface area contributed by atoms with Crippen LogP contribution in [0.25, 0.3) is 6.08 Å². The molecule has 2 aromatic rings. The number of ether oxygens (including phenoxy) is 2. The number of benzene rings is 1. The molecule has 1 N–H and O–H groups in total. The first-order valence-corrected chi connectivity index (χ1v) is 7.87. The van der Waals surface area contributed by atoms with Crippen molar-refractivity contribution >= 4 is 24.4 Å². The number of hydrazone groups is 1. The molecule has 0 fully saturated rings. The lowest BCUT2D eigenvalue weighted by atomic mass is 10.2. The number of carbonyl (C=O) groups excluding carboxylic acids is 2. The summed E-state index contributed by atoms with van der Waals surface area (Å²) in [7, 11) is 0. The van der Waals surface area contributed by atoms with Crippen LogP contribution < -0.4 is 10.2 Å². The van der Waals surface area contributed by atoms with Crippen LogP contribution in [0.15, 0.2) is 58.3 Å². The first-order chi connectivity index (χ1) is 12.3. The molecule has 1 aromatic heterocycles. The average molecular weight is 356 g/mol. The molecule has 0 bridgehead atoms. The van der Waals surface area contributed by atoms with Gasteiger partial charge in [-0.25, -0.2) is 15.0 Å². The second-order valence-corrected chi connectivity index (χ2v) is 6.21. The smallest absolute Gasteiger partial charge is 0.428 e. The third-order valence-corrected chi connectivity index (χ3v) is 2.77. The molecule has 26 heavy (non-hydrogen) atoms. The van der Waals surface area contributed by atoms with Crippen LogP contribution in [0, 0.1) is 0 Å². The lowest BCUT2D eigenvalue weighted by Gasteiger charge is -2.18. The Bertz CT molecular complexity index is 802. The van der Waals surface area contributed by atoms with Gasteiger partial charge in [0, 0.05) is 6.08 Å². The molecule has 0 saturated carbocycles. The van der Waals surface area contributed by atoms with Gasteiger partial charge < -0.3 is 13.9 Å². The molecule has 0 aliphatic heterocycles. The van der Waals surface area contributed by atoms with E-state index in [1.54, 1.807) is 57.2 Å². The summed E-state index contributed by atoms with van der Waals surface area (Å²) in [6.07, 6.45) is 5.06. The Morgan fingerprint density at radius 2 is 2.00 bits per heavy atom. The molecule has 0 spiro atoms. The number of amides is 1. The summed E-state index contributed by atoms with van der Waals surface area (Å²) in [5, 5.41) is 3.80. The lowest BCUT2D eigenvalue weighted by molar-refractivity contribution is -0.128. The maximum Gasteiger partial charge on any atom is 0.428 e. The molecular weight excluding hydrogens is 336 g/mol. The maximum atomic E-state index is 11.8. The van der Waals surface area contributed by atoms with Crippen LogP contribution in [0.1, 0.15) is 32.1 Å². The van der Waals surface area contributed by atoms with Gasteiger partial charge in [-0.2, -0.15) is 5.10 Å². The Labute approximate surface area is 151 Å². The molecule has 0 aliphatic rings. The first-order valence-electron chi connectivity index (χ1n) is 7.87. The van der Waals surface area contributed by atoms with E-state index in [0.717, 1.165) is 0 Å². The van der Waals surface area contributed by atoms with Gasteiger partial charge in [-0.15, -0.1) is 0 Å². The van der Waals surface area contributed by atoms with E-state index in [0.29, 0.717) is 17.1 Å². The molecule has 7 nitrogen and oxygen atoms in total. The molecule has 2 rings (SSSR count). The van der Waals surface area contributed by atoms with Crippen molar-refractivity contribution < 1.29 is 23.5 Å². The van der Waals surface area contributed by atoms with Gasteiger partial charge in [-0.1, -0.05) is 12.1 Å². The van der Waals surface area contributed by atoms with E-state index >= 15 is 0 Å². The van der Waals surface area contributed by atoms with Crippen LogP contribution >= 0.6 is 0 Å². The Balaban J connectivity index is 1.90. The van der Waals surface area contributed by atoms with Gasteiger partial charge in [0.2, 0.25) is 0 Å². The van der Waals surface area contributed by atoms with Crippen molar-refractivity contribution in [3.05, 3.63) is 60.1 Å². The number of esters is 1. The third-order valence-electron chi connectivity index (χ3n) is 2.77.